The molecular formula is C14H30O2. The van der Waals surface area contributed by atoms with E-state index in [1.54, 1.807) is 0 Å². The van der Waals surface area contributed by atoms with Crippen molar-refractivity contribution in [3.8, 4) is 0 Å². The Morgan fingerprint density at radius 3 is 1.75 bits per heavy atom. The summed E-state index contributed by atoms with van der Waals surface area (Å²) in [6.07, 6.45) is 3.61. The molecule has 0 aromatic heterocycles. The van der Waals surface area contributed by atoms with Crippen molar-refractivity contribution in [2.75, 3.05) is 26.4 Å². The van der Waals surface area contributed by atoms with Crippen molar-refractivity contribution in [2.45, 2.75) is 53.9 Å². The summed E-state index contributed by atoms with van der Waals surface area (Å²) in [4.78, 5) is 0. The van der Waals surface area contributed by atoms with Crippen LogP contribution in [0.4, 0.5) is 0 Å². The van der Waals surface area contributed by atoms with Crippen molar-refractivity contribution in [1.29, 1.82) is 0 Å². The molecule has 0 fully saturated rings. The van der Waals surface area contributed by atoms with Crippen molar-refractivity contribution in [3.63, 3.8) is 0 Å². The van der Waals surface area contributed by atoms with Crippen molar-refractivity contribution < 1.29 is 9.47 Å². The molecule has 0 aromatic rings. The van der Waals surface area contributed by atoms with Crippen LogP contribution in [-0.2, 0) is 9.47 Å². The van der Waals surface area contributed by atoms with Gasteiger partial charge in [0.05, 0.1) is 13.2 Å². The second kappa shape index (κ2) is 9.00. The molecule has 0 amide bonds. The Kier molecular flexibility index (Phi) is 8.96. The van der Waals surface area contributed by atoms with Gasteiger partial charge in [-0.2, -0.15) is 0 Å². The molecule has 0 aromatic carbocycles. The van der Waals surface area contributed by atoms with Gasteiger partial charge in [0.15, 0.2) is 0 Å². The summed E-state index contributed by atoms with van der Waals surface area (Å²) < 4.78 is 11.3. The Balaban J connectivity index is 4.27. The normalized spacial score (nSPS) is 12.4. The minimum absolute atomic E-state index is 0.232. The van der Waals surface area contributed by atoms with Gasteiger partial charge in [0.1, 0.15) is 0 Å². The van der Waals surface area contributed by atoms with E-state index in [0.717, 1.165) is 38.8 Å². The van der Waals surface area contributed by atoms with Crippen LogP contribution < -0.4 is 0 Å². The average molecular weight is 230 g/mol. The zero-order valence-corrected chi connectivity index (χ0v) is 11.8. The summed E-state index contributed by atoms with van der Waals surface area (Å²) in [5, 5.41) is 0. The van der Waals surface area contributed by atoms with Crippen LogP contribution in [0.2, 0.25) is 0 Å². The first-order valence-corrected chi connectivity index (χ1v) is 6.75. The summed E-state index contributed by atoms with van der Waals surface area (Å²) in [7, 11) is 0. The van der Waals surface area contributed by atoms with Crippen molar-refractivity contribution in [1.82, 2.24) is 0 Å². The third kappa shape index (κ3) is 6.49. The fraction of sp³-hybridized carbons (Fsp3) is 1.00. The monoisotopic (exact) mass is 230 g/mol. The maximum atomic E-state index is 5.64. The quantitative estimate of drug-likeness (QED) is 0.567. The lowest BCUT2D eigenvalue weighted by Crippen LogP contribution is -2.32. The van der Waals surface area contributed by atoms with E-state index in [2.05, 4.69) is 34.6 Å². The molecule has 0 saturated heterocycles. The molecule has 0 aliphatic heterocycles. The molecule has 98 valence electrons. The lowest BCUT2D eigenvalue weighted by molar-refractivity contribution is -0.0263. The minimum Gasteiger partial charge on any atom is -0.381 e. The standard InChI is InChI=1S/C14H30O2/c1-6-14(11-15-7-2,12-16-8-3)10-9-13(4)5/h13H,6-12H2,1-5H3. The van der Waals surface area contributed by atoms with Crippen molar-refractivity contribution in [3.05, 3.63) is 0 Å². The van der Waals surface area contributed by atoms with Gasteiger partial charge in [0, 0.05) is 18.6 Å². The summed E-state index contributed by atoms with van der Waals surface area (Å²) in [5.74, 6) is 0.758. The van der Waals surface area contributed by atoms with Crippen LogP contribution >= 0.6 is 0 Å². The summed E-state index contributed by atoms with van der Waals surface area (Å²) in [5.41, 5.74) is 0.232. The van der Waals surface area contributed by atoms with Crippen LogP contribution in [0, 0.1) is 11.3 Å². The van der Waals surface area contributed by atoms with Crippen LogP contribution in [0.5, 0.6) is 0 Å². The van der Waals surface area contributed by atoms with Gasteiger partial charge in [0.2, 0.25) is 0 Å². The highest BCUT2D eigenvalue weighted by Crippen LogP contribution is 2.31. The molecule has 2 heteroatoms. The van der Waals surface area contributed by atoms with Crippen LogP contribution in [-0.4, -0.2) is 26.4 Å². The van der Waals surface area contributed by atoms with Gasteiger partial charge in [-0.3, -0.25) is 0 Å². The predicted molar refractivity (Wildman–Crippen MR) is 69.8 cm³/mol. The van der Waals surface area contributed by atoms with Gasteiger partial charge < -0.3 is 9.47 Å². The summed E-state index contributed by atoms with van der Waals surface area (Å²) in [6.45, 7) is 14.2. The molecule has 0 aliphatic carbocycles. The Bertz CT molecular complexity index is 147. The third-order valence-corrected chi connectivity index (χ3v) is 3.23. The third-order valence-electron chi connectivity index (χ3n) is 3.23. The van der Waals surface area contributed by atoms with E-state index in [-0.39, 0.29) is 5.41 Å². The second-order valence-corrected chi connectivity index (χ2v) is 5.06. The predicted octanol–water partition coefficient (Wildman–Crippen LogP) is 3.89. The summed E-state index contributed by atoms with van der Waals surface area (Å²) >= 11 is 0. The molecule has 16 heavy (non-hydrogen) atoms. The van der Waals surface area contributed by atoms with Gasteiger partial charge in [-0.05, 0) is 32.6 Å². The van der Waals surface area contributed by atoms with Gasteiger partial charge >= 0.3 is 0 Å². The van der Waals surface area contributed by atoms with E-state index >= 15 is 0 Å². The van der Waals surface area contributed by atoms with Crippen LogP contribution in [0.3, 0.4) is 0 Å². The number of ether oxygens (including phenoxy) is 2. The van der Waals surface area contributed by atoms with E-state index in [0.29, 0.717) is 0 Å². The van der Waals surface area contributed by atoms with Crippen LogP contribution in [0.1, 0.15) is 53.9 Å². The summed E-state index contributed by atoms with van der Waals surface area (Å²) in [6, 6.07) is 0. The number of rotatable bonds is 10. The van der Waals surface area contributed by atoms with Gasteiger partial charge in [0.25, 0.3) is 0 Å². The van der Waals surface area contributed by atoms with Gasteiger partial charge in [-0.15, -0.1) is 0 Å². The van der Waals surface area contributed by atoms with Crippen LogP contribution in [0.15, 0.2) is 0 Å². The molecule has 0 atom stereocenters. The molecule has 0 heterocycles. The fourth-order valence-corrected chi connectivity index (χ4v) is 1.80. The highest BCUT2D eigenvalue weighted by atomic mass is 16.5. The lowest BCUT2D eigenvalue weighted by Gasteiger charge is -2.33. The average Bonchev–Trinajstić information content (AvgIpc) is 2.29. The maximum Gasteiger partial charge on any atom is 0.0544 e. The Morgan fingerprint density at radius 2 is 1.44 bits per heavy atom. The first kappa shape index (κ1) is 15.9. The maximum absolute atomic E-state index is 5.64. The molecular weight excluding hydrogens is 200 g/mol. The zero-order valence-electron chi connectivity index (χ0n) is 11.8. The van der Waals surface area contributed by atoms with E-state index in [1.807, 2.05) is 0 Å². The molecule has 2 nitrogen and oxygen atoms in total. The number of hydrogen-bond donors (Lipinski definition) is 0. The van der Waals surface area contributed by atoms with E-state index < -0.39 is 0 Å². The lowest BCUT2D eigenvalue weighted by atomic mass is 9.80. The van der Waals surface area contributed by atoms with Crippen molar-refractivity contribution in [2.24, 2.45) is 11.3 Å². The SMILES string of the molecule is CCOCC(CC)(CCC(C)C)COCC. The first-order valence-electron chi connectivity index (χ1n) is 6.75. The molecule has 0 N–H and O–H groups in total. The fourth-order valence-electron chi connectivity index (χ4n) is 1.80. The smallest absolute Gasteiger partial charge is 0.0544 e. The largest absolute Gasteiger partial charge is 0.381 e. The van der Waals surface area contributed by atoms with Gasteiger partial charge in [-0.1, -0.05) is 27.2 Å². The zero-order chi connectivity index (χ0) is 12.4. The van der Waals surface area contributed by atoms with E-state index in [9.17, 15) is 0 Å². The van der Waals surface area contributed by atoms with Crippen molar-refractivity contribution >= 4 is 0 Å². The topological polar surface area (TPSA) is 18.5 Å². The molecule has 0 bridgehead atoms. The highest BCUT2D eigenvalue weighted by molar-refractivity contribution is 4.78. The number of hydrogen-bond acceptors (Lipinski definition) is 2. The molecule has 0 radical (unpaired) electrons. The molecule has 0 spiro atoms. The Hall–Kier alpha value is -0.0800. The second-order valence-electron chi connectivity index (χ2n) is 5.06. The molecule has 0 rings (SSSR count). The first-order chi connectivity index (χ1) is 7.60. The van der Waals surface area contributed by atoms with Gasteiger partial charge in [-0.25, -0.2) is 0 Å². The van der Waals surface area contributed by atoms with Crippen LogP contribution in [0.25, 0.3) is 0 Å². The minimum atomic E-state index is 0.232. The van der Waals surface area contributed by atoms with E-state index in [1.165, 1.54) is 12.8 Å². The molecule has 0 aliphatic rings. The molecule has 0 saturated carbocycles. The molecule has 0 unspecified atom stereocenters. The Labute approximate surface area is 102 Å². The Morgan fingerprint density at radius 1 is 0.938 bits per heavy atom. The van der Waals surface area contributed by atoms with E-state index in [4.69, 9.17) is 9.47 Å². The highest BCUT2D eigenvalue weighted by Gasteiger charge is 2.28.